The zero-order valence-electron chi connectivity index (χ0n) is 10.0. The molecule has 5 heteroatoms. The van der Waals surface area contributed by atoms with Crippen molar-refractivity contribution < 1.29 is 9.47 Å². The molecule has 15 heavy (non-hydrogen) atoms. The van der Waals surface area contributed by atoms with Gasteiger partial charge >= 0.3 is 0 Å². The zero-order chi connectivity index (χ0) is 11.5. The van der Waals surface area contributed by atoms with Crippen LogP contribution in [0.15, 0.2) is 4.99 Å². The molecule has 0 fully saturated rings. The second-order valence-corrected chi connectivity index (χ2v) is 3.16. The lowest BCUT2D eigenvalue weighted by atomic mass is 10.4. The van der Waals surface area contributed by atoms with E-state index >= 15 is 0 Å². The van der Waals surface area contributed by atoms with Gasteiger partial charge in [0.1, 0.15) is 0 Å². The Morgan fingerprint density at radius 1 is 1.20 bits per heavy atom. The van der Waals surface area contributed by atoms with Gasteiger partial charge in [-0.15, -0.1) is 0 Å². The summed E-state index contributed by atoms with van der Waals surface area (Å²) < 4.78 is 10.0. The Kier molecular flexibility index (Phi) is 9.21. The average molecular weight is 217 g/mol. The number of hydrogen-bond acceptors (Lipinski definition) is 3. The first-order valence-electron chi connectivity index (χ1n) is 5.29. The molecule has 5 nitrogen and oxygen atoms in total. The van der Waals surface area contributed by atoms with Gasteiger partial charge in [-0.1, -0.05) is 0 Å². The van der Waals surface area contributed by atoms with Crippen molar-refractivity contribution in [2.24, 2.45) is 10.7 Å². The molecule has 0 bridgehead atoms. The average Bonchev–Trinajstić information content (AvgIpc) is 2.23. The molecular weight excluding hydrogens is 194 g/mol. The molecule has 0 unspecified atom stereocenters. The summed E-state index contributed by atoms with van der Waals surface area (Å²) in [6.45, 7) is 5.70. The highest BCUT2D eigenvalue weighted by Crippen LogP contribution is 1.93. The van der Waals surface area contributed by atoms with E-state index in [1.807, 2.05) is 11.8 Å². The number of ether oxygens (including phenoxy) is 2. The van der Waals surface area contributed by atoms with Gasteiger partial charge in [0.25, 0.3) is 0 Å². The molecule has 90 valence electrons. The van der Waals surface area contributed by atoms with Gasteiger partial charge in [0.2, 0.25) is 0 Å². The fourth-order valence-electron chi connectivity index (χ4n) is 1.20. The van der Waals surface area contributed by atoms with Gasteiger partial charge in [0.05, 0.1) is 6.61 Å². The van der Waals surface area contributed by atoms with E-state index in [4.69, 9.17) is 15.2 Å². The van der Waals surface area contributed by atoms with Crippen LogP contribution in [0.1, 0.15) is 13.3 Å². The van der Waals surface area contributed by atoms with E-state index in [1.165, 1.54) is 0 Å². The lowest BCUT2D eigenvalue weighted by Gasteiger charge is -2.23. The molecule has 0 aromatic rings. The molecule has 0 atom stereocenters. The summed E-state index contributed by atoms with van der Waals surface area (Å²) in [6, 6.07) is 0. The molecule has 0 rings (SSSR count). The van der Waals surface area contributed by atoms with Crippen molar-refractivity contribution >= 4 is 5.96 Å². The Morgan fingerprint density at radius 2 is 1.87 bits per heavy atom. The second kappa shape index (κ2) is 9.73. The van der Waals surface area contributed by atoms with Crippen LogP contribution >= 0.6 is 0 Å². The normalized spacial score (nSPS) is 11.8. The van der Waals surface area contributed by atoms with Crippen LogP contribution in [0, 0.1) is 0 Å². The molecule has 0 saturated heterocycles. The van der Waals surface area contributed by atoms with Crippen molar-refractivity contribution in [2.75, 3.05) is 47.1 Å². The summed E-state index contributed by atoms with van der Waals surface area (Å²) in [4.78, 5) is 6.20. The predicted molar refractivity (Wildman–Crippen MR) is 62.1 cm³/mol. The van der Waals surface area contributed by atoms with E-state index < -0.39 is 0 Å². The van der Waals surface area contributed by atoms with Gasteiger partial charge in [0.15, 0.2) is 5.96 Å². The van der Waals surface area contributed by atoms with Crippen LogP contribution in [0.3, 0.4) is 0 Å². The Balaban J connectivity index is 3.99. The Bertz CT molecular complexity index is 174. The summed E-state index contributed by atoms with van der Waals surface area (Å²) in [7, 11) is 3.38. The van der Waals surface area contributed by atoms with Gasteiger partial charge in [-0.3, -0.25) is 4.99 Å². The number of hydrogen-bond donors (Lipinski definition) is 1. The maximum atomic E-state index is 5.83. The molecule has 0 aromatic carbocycles. The molecule has 0 aliphatic carbocycles. The summed E-state index contributed by atoms with van der Waals surface area (Å²) >= 11 is 0. The number of rotatable bonds is 8. The highest BCUT2D eigenvalue weighted by molar-refractivity contribution is 5.78. The highest BCUT2D eigenvalue weighted by atomic mass is 16.5. The quantitative estimate of drug-likeness (QED) is 0.361. The molecule has 0 aromatic heterocycles. The summed E-state index contributed by atoms with van der Waals surface area (Å²) in [6.07, 6.45) is 0.945. The van der Waals surface area contributed by atoms with Crippen molar-refractivity contribution in [3.05, 3.63) is 0 Å². The van der Waals surface area contributed by atoms with Crippen molar-refractivity contribution in [3.8, 4) is 0 Å². The fraction of sp³-hybridized carbons (Fsp3) is 0.900. The Morgan fingerprint density at radius 3 is 2.40 bits per heavy atom. The van der Waals surface area contributed by atoms with Gasteiger partial charge in [0, 0.05) is 40.5 Å². The van der Waals surface area contributed by atoms with E-state index in [1.54, 1.807) is 14.2 Å². The number of aliphatic imine (C=N–C) groups is 1. The molecule has 0 heterocycles. The van der Waals surface area contributed by atoms with Crippen LogP contribution in [0.2, 0.25) is 0 Å². The van der Waals surface area contributed by atoms with Crippen LogP contribution in [0.5, 0.6) is 0 Å². The lowest BCUT2D eigenvalue weighted by molar-refractivity contribution is 0.160. The third kappa shape index (κ3) is 7.16. The molecular formula is C10H23N3O2. The number of methoxy groups -OCH3 is 2. The van der Waals surface area contributed by atoms with E-state index in [9.17, 15) is 0 Å². The molecule has 2 N–H and O–H groups in total. The Hall–Kier alpha value is -0.810. The topological polar surface area (TPSA) is 60.1 Å². The van der Waals surface area contributed by atoms with Crippen LogP contribution in [0.4, 0.5) is 0 Å². The number of nitrogens with two attached hydrogens (primary N) is 1. The standard InChI is InChI=1S/C10H23N3O2/c1-4-12-10(11)13(7-9-15-3)6-5-8-14-2/h4-9H2,1-3H3,(H2,11,12). The van der Waals surface area contributed by atoms with E-state index in [0.717, 1.165) is 26.1 Å². The van der Waals surface area contributed by atoms with Gasteiger partial charge < -0.3 is 20.1 Å². The first kappa shape index (κ1) is 14.2. The van der Waals surface area contributed by atoms with Crippen LogP contribution in [-0.2, 0) is 9.47 Å². The summed E-state index contributed by atoms with van der Waals surface area (Å²) in [5, 5.41) is 0. The minimum absolute atomic E-state index is 0.589. The SMILES string of the molecule is CCN=C(N)N(CCCOC)CCOC. The smallest absolute Gasteiger partial charge is 0.191 e. The lowest BCUT2D eigenvalue weighted by Crippen LogP contribution is -2.40. The number of nitrogens with zero attached hydrogens (tertiary/aromatic N) is 2. The molecule has 0 saturated carbocycles. The molecule has 0 aliphatic heterocycles. The third-order valence-electron chi connectivity index (χ3n) is 1.99. The van der Waals surface area contributed by atoms with Crippen LogP contribution in [-0.4, -0.2) is 57.9 Å². The van der Waals surface area contributed by atoms with E-state index in [2.05, 4.69) is 4.99 Å². The summed E-state index contributed by atoms with van der Waals surface area (Å²) in [5.41, 5.74) is 5.83. The zero-order valence-corrected chi connectivity index (χ0v) is 10.0. The Labute approximate surface area is 92.2 Å². The maximum absolute atomic E-state index is 5.83. The minimum Gasteiger partial charge on any atom is -0.385 e. The summed E-state index contributed by atoms with van der Waals surface area (Å²) in [5.74, 6) is 0.589. The van der Waals surface area contributed by atoms with Gasteiger partial charge in [-0.05, 0) is 13.3 Å². The molecule has 0 aliphatic rings. The predicted octanol–water partition coefficient (Wildman–Crippen LogP) is 0.306. The van der Waals surface area contributed by atoms with Gasteiger partial charge in [-0.25, -0.2) is 0 Å². The maximum Gasteiger partial charge on any atom is 0.191 e. The van der Waals surface area contributed by atoms with Crippen molar-refractivity contribution in [1.82, 2.24) is 4.90 Å². The van der Waals surface area contributed by atoms with E-state index in [-0.39, 0.29) is 0 Å². The monoisotopic (exact) mass is 217 g/mol. The first-order chi connectivity index (χ1) is 7.26. The minimum atomic E-state index is 0.589. The first-order valence-corrected chi connectivity index (χ1v) is 5.29. The second-order valence-electron chi connectivity index (χ2n) is 3.16. The van der Waals surface area contributed by atoms with Crippen LogP contribution in [0.25, 0.3) is 0 Å². The van der Waals surface area contributed by atoms with Crippen molar-refractivity contribution in [2.45, 2.75) is 13.3 Å². The third-order valence-corrected chi connectivity index (χ3v) is 1.99. The highest BCUT2D eigenvalue weighted by Gasteiger charge is 2.06. The van der Waals surface area contributed by atoms with Crippen molar-refractivity contribution in [3.63, 3.8) is 0 Å². The largest absolute Gasteiger partial charge is 0.385 e. The van der Waals surface area contributed by atoms with Crippen LogP contribution < -0.4 is 5.73 Å². The van der Waals surface area contributed by atoms with Crippen molar-refractivity contribution in [1.29, 1.82) is 0 Å². The van der Waals surface area contributed by atoms with Gasteiger partial charge in [-0.2, -0.15) is 0 Å². The van der Waals surface area contributed by atoms with E-state index in [0.29, 0.717) is 19.1 Å². The molecule has 0 amide bonds. The molecule has 0 radical (unpaired) electrons. The number of guanidine groups is 1. The fourth-order valence-corrected chi connectivity index (χ4v) is 1.20. The molecule has 0 spiro atoms.